The highest BCUT2D eigenvalue weighted by atomic mass is 19.4. The lowest BCUT2D eigenvalue weighted by molar-refractivity contribution is -0.384. The first kappa shape index (κ1) is 19.7. The number of amides is 1. The monoisotopic (exact) mass is 374 g/mol. The number of carboxylic acid groups (broad SMARTS) is 1. The van der Waals surface area contributed by atoms with Crippen molar-refractivity contribution in [3.8, 4) is 0 Å². The largest absolute Gasteiger partial charge is 0.481 e. The molecule has 0 aliphatic carbocycles. The maximum absolute atomic E-state index is 13.1. The molecule has 10 heteroatoms. The Kier molecular flexibility index (Phi) is 4.98. The van der Waals surface area contributed by atoms with Crippen LogP contribution in [0.5, 0.6) is 0 Å². The van der Waals surface area contributed by atoms with Gasteiger partial charge in [-0.3, -0.25) is 19.7 Å². The van der Waals surface area contributed by atoms with Gasteiger partial charge in [0.1, 0.15) is 0 Å². The highest BCUT2D eigenvalue weighted by Crippen LogP contribution is 2.39. The molecule has 1 N–H and O–H groups in total. The second-order valence-electron chi connectivity index (χ2n) is 6.73. The molecule has 7 nitrogen and oxygen atoms in total. The molecular weight excluding hydrogens is 357 g/mol. The minimum absolute atomic E-state index is 0.179. The van der Waals surface area contributed by atoms with Crippen LogP contribution in [-0.4, -0.2) is 46.1 Å². The summed E-state index contributed by atoms with van der Waals surface area (Å²) in [5, 5.41) is 19.8. The van der Waals surface area contributed by atoms with Crippen molar-refractivity contribution in [3.63, 3.8) is 0 Å². The van der Waals surface area contributed by atoms with Crippen molar-refractivity contribution in [2.75, 3.05) is 13.1 Å². The van der Waals surface area contributed by atoms with Gasteiger partial charge in [-0.15, -0.1) is 0 Å². The number of aliphatic carboxylic acids is 1. The maximum atomic E-state index is 13.1. The number of alkyl halides is 3. The molecule has 1 amide bonds. The van der Waals surface area contributed by atoms with Gasteiger partial charge in [-0.2, -0.15) is 13.2 Å². The minimum atomic E-state index is -4.73. The van der Waals surface area contributed by atoms with E-state index in [1.165, 1.54) is 38.1 Å². The second kappa shape index (κ2) is 6.58. The van der Waals surface area contributed by atoms with Gasteiger partial charge >= 0.3 is 12.1 Å². The maximum Gasteiger partial charge on any atom is 0.394 e. The number of hydrogen-bond acceptors (Lipinski definition) is 4. The molecule has 142 valence electrons. The second-order valence-corrected chi connectivity index (χ2v) is 6.73. The van der Waals surface area contributed by atoms with Gasteiger partial charge in [-0.25, -0.2) is 0 Å². The Morgan fingerprint density at radius 1 is 1.19 bits per heavy atom. The normalized spacial score (nSPS) is 20.9. The van der Waals surface area contributed by atoms with Gasteiger partial charge in [-0.1, -0.05) is 12.1 Å². The molecule has 0 bridgehead atoms. The summed E-state index contributed by atoms with van der Waals surface area (Å²) in [7, 11) is 0. The van der Waals surface area contributed by atoms with Gasteiger partial charge in [0, 0.05) is 25.2 Å². The number of carbonyl (C=O) groups is 2. The molecule has 0 spiro atoms. The van der Waals surface area contributed by atoms with Crippen molar-refractivity contribution in [2.45, 2.75) is 25.4 Å². The highest BCUT2D eigenvalue weighted by molar-refractivity contribution is 5.88. The summed E-state index contributed by atoms with van der Waals surface area (Å²) in [6, 6.07) is 5.13. The fraction of sp³-hybridized carbons (Fsp3) is 0.500. The number of rotatable bonds is 4. The molecule has 1 aliphatic rings. The van der Waals surface area contributed by atoms with Crippen LogP contribution < -0.4 is 0 Å². The molecule has 1 aromatic rings. The lowest BCUT2D eigenvalue weighted by Gasteiger charge is -2.30. The Balaban J connectivity index is 2.26. The van der Waals surface area contributed by atoms with Crippen LogP contribution in [0.15, 0.2) is 24.3 Å². The molecule has 1 aromatic carbocycles. The topological polar surface area (TPSA) is 101 Å². The standard InChI is InChI=1S/C16H17F3N2O5/c1-15(2,9-3-5-10(6-4-9)21(25)26)14(24)20-7-11(13(22)23)12(8-20)16(17,18)19/h3-6,11-12H,7-8H2,1-2H3,(H,22,23)/t11-,12-/m1/s1. The van der Waals surface area contributed by atoms with Crippen molar-refractivity contribution in [2.24, 2.45) is 11.8 Å². The van der Waals surface area contributed by atoms with Gasteiger partial charge in [0.2, 0.25) is 5.91 Å². The smallest absolute Gasteiger partial charge is 0.394 e. The number of hydrogen-bond donors (Lipinski definition) is 1. The van der Waals surface area contributed by atoms with Crippen LogP contribution in [0.25, 0.3) is 0 Å². The fourth-order valence-electron chi connectivity index (χ4n) is 3.07. The van der Waals surface area contributed by atoms with E-state index >= 15 is 0 Å². The molecule has 0 unspecified atom stereocenters. The van der Waals surface area contributed by atoms with E-state index in [4.69, 9.17) is 5.11 Å². The van der Waals surface area contributed by atoms with E-state index in [1.807, 2.05) is 0 Å². The lowest BCUT2D eigenvalue weighted by atomic mass is 9.83. The van der Waals surface area contributed by atoms with E-state index in [0.29, 0.717) is 5.56 Å². The number of nitro benzene ring substituents is 1. The van der Waals surface area contributed by atoms with Gasteiger partial charge in [0.05, 0.1) is 22.2 Å². The Bertz CT molecular complexity index is 730. The minimum Gasteiger partial charge on any atom is -0.481 e. The molecule has 0 saturated carbocycles. The zero-order valence-electron chi connectivity index (χ0n) is 14.0. The molecule has 2 rings (SSSR count). The summed E-state index contributed by atoms with van der Waals surface area (Å²) < 4.78 is 39.2. The average molecular weight is 374 g/mol. The molecular formula is C16H17F3N2O5. The van der Waals surface area contributed by atoms with Crippen LogP contribution >= 0.6 is 0 Å². The van der Waals surface area contributed by atoms with E-state index in [9.17, 15) is 32.9 Å². The summed E-state index contributed by atoms with van der Waals surface area (Å²) in [6.45, 7) is 1.70. The van der Waals surface area contributed by atoms with Crippen LogP contribution in [-0.2, 0) is 15.0 Å². The SMILES string of the molecule is CC(C)(C(=O)N1C[C@@H](C(F)(F)F)[C@H](C(=O)O)C1)c1ccc([N+](=O)[O-])cc1. The van der Waals surface area contributed by atoms with Crippen LogP contribution in [0, 0.1) is 22.0 Å². The number of nitro groups is 1. The number of nitrogens with zero attached hydrogens (tertiary/aromatic N) is 2. The number of benzene rings is 1. The predicted molar refractivity (Wildman–Crippen MR) is 83.4 cm³/mol. The summed E-state index contributed by atoms with van der Waals surface area (Å²) in [5.74, 6) is -6.11. The summed E-state index contributed by atoms with van der Waals surface area (Å²) in [5.41, 5.74) is -1.06. The zero-order chi connectivity index (χ0) is 19.9. The van der Waals surface area contributed by atoms with Gasteiger partial charge in [-0.05, 0) is 19.4 Å². The average Bonchev–Trinajstić information content (AvgIpc) is 3.00. The van der Waals surface area contributed by atoms with Crippen molar-refractivity contribution in [1.82, 2.24) is 4.90 Å². The number of likely N-dealkylation sites (tertiary alicyclic amines) is 1. The lowest BCUT2D eigenvalue weighted by Crippen LogP contribution is -2.43. The zero-order valence-corrected chi connectivity index (χ0v) is 14.0. The Labute approximate surface area is 146 Å². The van der Waals surface area contributed by atoms with Gasteiger partial charge in [0.25, 0.3) is 5.69 Å². The number of carboxylic acids is 1. The number of non-ortho nitro benzene ring substituents is 1. The van der Waals surface area contributed by atoms with Gasteiger partial charge < -0.3 is 10.0 Å². The fourth-order valence-corrected chi connectivity index (χ4v) is 3.07. The van der Waals surface area contributed by atoms with E-state index < -0.39 is 53.3 Å². The van der Waals surface area contributed by atoms with Crippen molar-refractivity contribution in [1.29, 1.82) is 0 Å². The number of halogens is 3. The van der Waals surface area contributed by atoms with E-state index in [-0.39, 0.29) is 5.69 Å². The van der Waals surface area contributed by atoms with Crippen LogP contribution in [0.4, 0.5) is 18.9 Å². The van der Waals surface area contributed by atoms with E-state index in [0.717, 1.165) is 4.90 Å². The van der Waals surface area contributed by atoms with Crippen molar-refractivity contribution < 1.29 is 32.8 Å². The first-order chi connectivity index (χ1) is 11.9. The molecule has 0 aromatic heterocycles. The van der Waals surface area contributed by atoms with Crippen molar-refractivity contribution >= 4 is 17.6 Å². The van der Waals surface area contributed by atoms with Crippen molar-refractivity contribution in [3.05, 3.63) is 39.9 Å². The summed E-state index contributed by atoms with van der Waals surface area (Å²) in [6.07, 6.45) is -4.73. The molecule has 26 heavy (non-hydrogen) atoms. The summed E-state index contributed by atoms with van der Waals surface area (Å²) >= 11 is 0. The molecule has 2 atom stereocenters. The third kappa shape index (κ3) is 3.63. The molecule has 1 aliphatic heterocycles. The molecule has 1 heterocycles. The van der Waals surface area contributed by atoms with Crippen LogP contribution in [0.1, 0.15) is 19.4 Å². The van der Waals surface area contributed by atoms with E-state index in [1.54, 1.807) is 0 Å². The Morgan fingerprint density at radius 2 is 1.73 bits per heavy atom. The quantitative estimate of drug-likeness (QED) is 0.645. The van der Waals surface area contributed by atoms with Crippen LogP contribution in [0.3, 0.4) is 0 Å². The van der Waals surface area contributed by atoms with Gasteiger partial charge in [0.15, 0.2) is 0 Å². The predicted octanol–water partition coefficient (Wildman–Crippen LogP) is 2.59. The Morgan fingerprint density at radius 3 is 2.12 bits per heavy atom. The third-order valence-corrected chi connectivity index (χ3v) is 4.68. The van der Waals surface area contributed by atoms with Crippen LogP contribution in [0.2, 0.25) is 0 Å². The molecule has 1 fully saturated rings. The van der Waals surface area contributed by atoms with E-state index in [2.05, 4.69) is 0 Å². The first-order valence-electron chi connectivity index (χ1n) is 7.69. The third-order valence-electron chi connectivity index (χ3n) is 4.68. The number of carbonyl (C=O) groups excluding carboxylic acids is 1. The Hall–Kier alpha value is -2.65. The highest BCUT2D eigenvalue weighted by Gasteiger charge is 2.54. The first-order valence-corrected chi connectivity index (χ1v) is 7.69. The molecule has 1 saturated heterocycles. The summed E-state index contributed by atoms with van der Waals surface area (Å²) in [4.78, 5) is 34.9. The molecule has 0 radical (unpaired) electrons.